The molecule has 130 valence electrons. The summed E-state index contributed by atoms with van der Waals surface area (Å²) in [5.41, 5.74) is 2.17. The maximum atomic E-state index is 12.7. The summed E-state index contributed by atoms with van der Waals surface area (Å²) in [5.74, 6) is 0.359. The maximum absolute atomic E-state index is 12.7. The van der Waals surface area contributed by atoms with Gasteiger partial charge in [0.1, 0.15) is 0 Å². The molecule has 3 rings (SSSR count). The van der Waals surface area contributed by atoms with Gasteiger partial charge in [0.15, 0.2) is 12.4 Å². The number of fused-ring (bicyclic) bond motifs is 1. The molecule has 0 aliphatic rings. The number of esters is 1. The molecule has 0 amide bonds. The van der Waals surface area contributed by atoms with Gasteiger partial charge in [-0.1, -0.05) is 39.0 Å². The molecule has 0 atom stereocenters. The van der Waals surface area contributed by atoms with E-state index in [2.05, 4.69) is 20.5 Å². The van der Waals surface area contributed by atoms with Gasteiger partial charge in [0.2, 0.25) is 0 Å². The van der Waals surface area contributed by atoms with Crippen LogP contribution in [0.5, 0.6) is 0 Å². The molecular weight excluding hydrogens is 318 g/mol. The second kappa shape index (κ2) is 7.38. The van der Waals surface area contributed by atoms with Gasteiger partial charge in [-0.3, -0.25) is 4.98 Å². The SMILES string of the molecule is CCCn1nnnc1COC(=O)c1cc(C(C)C)nc2ccccc12. The molecule has 0 saturated heterocycles. The zero-order chi connectivity index (χ0) is 17.8. The quantitative estimate of drug-likeness (QED) is 0.642. The van der Waals surface area contributed by atoms with Crippen LogP contribution in [-0.2, 0) is 17.9 Å². The number of pyridine rings is 1. The van der Waals surface area contributed by atoms with Gasteiger partial charge in [-0.05, 0) is 34.9 Å². The number of rotatable bonds is 6. The van der Waals surface area contributed by atoms with Crippen LogP contribution in [0.15, 0.2) is 30.3 Å². The Morgan fingerprint density at radius 1 is 1.28 bits per heavy atom. The number of carbonyl (C=O) groups is 1. The molecule has 0 N–H and O–H groups in total. The molecule has 0 unspecified atom stereocenters. The Hall–Kier alpha value is -2.83. The molecule has 7 nitrogen and oxygen atoms in total. The minimum atomic E-state index is -0.397. The normalized spacial score (nSPS) is 11.2. The number of ether oxygens (including phenoxy) is 1. The van der Waals surface area contributed by atoms with Crippen LogP contribution in [0.1, 0.15) is 55.0 Å². The van der Waals surface area contributed by atoms with Crippen molar-refractivity contribution in [3.63, 3.8) is 0 Å². The molecule has 2 aromatic heterocycles. The number of aryl methyl sites for hydroxylation is 1. The lowest BCUT2D eigenvalue weighted by Crippen LogP contribution is -2.12. The van der Waals surface area contributed by atoms with Crippen molar-refractivity contribution in [2.24, 2.45) is 0 Å². The molecule has 0 aliphatic heterocycles. The monoisotopic (exact) mass is 339 g/mol. The number of nitrogens with zero attached hydrogens (tertiary/aromatic N) is 5. The molecule has 0 saturated carbocycles. The van der Waals surface area contributed by atoms with E-state index >= 15 is 0 Å². The van der Waals surface area contributed by atoms with E-state index in [1.807, 2.05) is 51.1 Å². The third kappa shape index (κ3) is 3.65. The molecule has 0 aliphatic carbocycles. The lowest BCUT2D eigenvalue weighted by Gasteiger charge is -2.11. The van der Waals surface area contributed by atoms with E-state index in [1.54, 1.807) is 4.68 Å². The van der Waals surface area contributed by atoms with Crippen LogP contribution in [0.3, 0.4) is 0 Å². The molecule has 1 aromatic carbocycles. The third-order valence-corrected chi connectivity index (χ3v) is 3.92. The lowest BCUT2D eigenvalue weighted by molar-refractivity contribution is 0.0458. The Morgan fingerprint density at radius 3 is 2.84 bits per heavy atom. The van der Waals surface area contributed by atoms with Gasteiger partial charge in [-0.25, -0.2) is 9.48 Å². The van der Waals surface area contributed by atoms with E-state index in [9.17, 15) is 4.79 Å². The number of benzene rings is 1. The number of hydrogen-bond donors (Lipinski definition) is 0. The van der Waals surface area contributed by atoms with Crippen LogP contribution in [0, 0.1) is 0 Å². The van der Waals surface area contributed by atoms with Crippen LogP contribution in [0.4, 0.5) is 0 Å². The first-order chi connectivity index (χ1) is 12.1. The fraction of sp³-hybridized carbons (Fsp3) is 0.389. The van der Waals surface area contributed by atoms with Crippen LogP contribution in [0.25, 0.3) is 10.9 Å². The van der Waals surface area contributed by atoms with Crippen molar-refractivity contribution < 1.29 is 9.53 Å². The average Bonchev–Trinajstić information content (AvgIpc) is 3.06. The van der Waals surface area contributed by atoms with Gasteiger partial charge < -0.3 is 4.74 Å². The number of carbonyl (C=O) groups excluding carboxylic acids is 1. The minimum Gasteiger partial charge on any atom is -0.454 e. The summed E-state index contributed by atoms with van der Waals surface area (Å²) >= 11 is 0. The first-order valence-electron chi connectivity index (χ1n) is 8.42. The largest absolute Gasteiger partial charge is 0.454 e. The van der Waals surface area contributed by atoms with Crippen molar-refractivity contribution in [3.05, 3.63) is 47.4 Å². The first kappa shape index (κ1) is 17.0. The van der Waals surface area contributed by atoms with Gasteiger partial charge in [0.25, 0.3) is 0 Å². The molecule has 0 bridgehead atoms. The summed E-state index contributed by atoms with van der Waals surface area (Å²) < 4.78 is 7.12. The zero-order valence-electron chi connectivity index (χ0n) is 14.6. The summed E-state index contributed by atoms with van der Waals surface area (Å²) in [6, 6.07) is 9.39. The highest BCUT2D eigenvalue weighted by Gasteiger charge is 2.17. The van der Waals surface area contributed by atoms with Crippen molar-refractivity contribution in [2.75, 3.05) is 0 Å². The van der Waals surface area contributed by atoms with Gasteiger partial charge >= 0.3 is 5.97 Å². The van der Waals surface area contributed by atoms with E-state index in [-0.39, 0.29) is 12.5 Å². The fourth-order valence-corrected chi connectivity index (χ4v) is 2.58. The predicted octanol–water partition coefficient (Wildman–Crippen LogP) is 3.11. The van der Waals surface area contributed by atoms with Crippen LogP contribution in [-0.4, -0.2) is 31.2 Å². The molecule has 3 aromatic rings. The maximum Gasteiger partial charge on any atom is 0.339 e. The van der Waals surface area contributed by atoms with Crippen molar-refractivity contribution in [1.82, 2.24) is 25.2 Å². The Labute approximate surface area is 146 Å². The van der Waals surface area contributed by atoms with Gasteiger partial charge in [-0.2, -0.15) is 0 Å². The Balaban J connectivity index is 1.87. The summed E-state index contributed by atoms with van der Waals surface area (Å²) in [6.45, 7) is 6.86. The van der Waals surface area contributed by atoms with Crippen molar-refractivity contribution in [3.8, 4) is 0 Å². The van der Waals surface area contributed by atoms with Gasteiger partial charge in [0.05, 0.1) is 11.1 Å². The highest BCUT2D eigenvalue weighted by Crippen LogP contribution is 2.23. The topological polar surface area (TPSA) is 82.8 Å². The molecule has 25 heavy (non-hydrogen) atoms. The molecule has 0 spiro atoms. The van der Waals surface area contributed by atoms with Gasteiger partial charge in [-0.15, -0.1) is 5.10 Å². The molecule has 2 heterocycles. The number of aromatic nitrogens is 5. The number of hydrogen-bond acceptors (Lipinski definition) is 6. The third-order valence-electron chi connectivity index (χ3n) is 3.92. The van der Waals surface area contributed by atoms with Crippen molar-refractivity contribution in [2.45, 2.75) is 46.3 Å². The van der Waals surface area contributed by atoms with Crippen LogP contribution in [0.2, 0.25) is 0 Å². The summed E-state index contributed by atoms with van der Waals surface area (Å²) in [5, 5.41) is 12.2. The molecular formula is C18H21N5O2. The minimum absolute atomic E-state index is 0.0412. The van der Waals surface area contributed by atoms with Gasteiger partial charge in [0, 0.05) is 17.6 Å². The smallest absolute Gasteiger partial charge is 0.339 e. The standard InChI is InChI=1S/C18H21N5O2/c1-4-9-23-17(20-21-22-23)11-25-18(24)14-10-16(12(2)3)19-15-8-6-5-7-13(14)15/h5-8,10,12H,4,9,11H2,1-3H3. The Kier molecular flexibility index (Phi) is 5.02. The van der Waals surface area contributed by atoms with E-state index < -0.39 is 5.97 Å². The van der Waals surface area contributed by atoms with Crippen molar-refractivity contribution >= 4 is 16.9 Å². The summed E-state index contributed by atoms with van der Waals surface area (Å²) in [4.78, 5) is 17.3. The van der Waals surface area contributed by atoms with E-state index in [4.69, 9.17) is 4.74 Å². The predicted molar refractivity (Wildman–Crippen MR) is 93.1 cm³/mol. The van der Waals surface area contributed by atoms with E-state index in [0.29, 0.717) is 17.9 Å². The summed E-state index contributed by atoms with van der Waals surface area (Å²) in [7, 11) is 0. The molecule has 0 radical (unpaired) electrons. The second-order valence-corrected chi connectivity index (χ2v) is 6.16. The molecule has 0 fully saturated rings. The number of para-hydroxylation sites is 1. The first-order valence-corrected chi connectivity index (χ1v) is 8.42. The average molecular weight is 339 g/mol. The lowest BCUT2D eigenvalue weighted by atomic mass is 10.0. The van der Waals surface area contributed by atoms with E-state index in [1.165, 1.54) is 0 Å². The molecule has 7 heteroatoms. The Morgan fingerprint density at radius 2 is 2.08 bits per heavy atom. The highest BCUT2D eigenvalue weighted by molar-refractivity contribution is 6.03. The summed E-state index contributed by atoms with van der Waals surface area (Å²) in [6.07, 6.45) is 0.902. The van der Waals surface area contributed by atoms with Crippen molar-refractivity contribution in [1.29, 1.82) is 0 Å². The zero-order valence-corrected chi connectivity index (χ0v) is 14.6. The van der Waals surface area contributed by atoms with Crippen LogP contribution >= 0.6 is 0 Å². The fourth-order valence-electron chi connectivity index (χ4n) is 2.58. The second-order valence-electron chi connectivity index (χ2n) is 6.16. The highest BCUT2D eigenvalue weighted by atomic mass is 16.5. The van der Waals surface area contributed by atoms with E-state index in [0.717, 1.165) is 23.0 Å². The van der Waals surface area contributed by atoms with Crippen LogP contribution < -0.4 is 0 Å². The number of tetrazole rings is 1. The Bertz CT molecular complexity index is 888.